The molecule has 0 saturated heterocycles. The number of hydrogen-bond acceptors (Lipinski definition) is 4. The quantitative estimate of drug-likeness (QED) is 0.895. The van der Waals surface area contributed by atoms with Crippen molar-refractivity contribution in [1.82, 2.24) is 9.78 Å². The molecule has 0 bridgehead atoms. The lowest BCUT2D eigenvalue weighted by atomic mass is 10.4. The van der Waals surface area contributed by atoms with Gasteiger partial charge in [0, 0.05) is 13.2 Å². The third kappa shape index (κ3) is 2.87. The zero-order valence-electron chi connectivity index (χ0n) is 9.94. The molecule has 94 valence electrons. The average molecular weight is 302 g/mol. The van der Waals surface area contributed by atoms with E-state index in [2.05, 4.69) is 33.3 Å². The molecule has 0 aromatic carbocycles. The molecule has 0 aliphatic heterocycles. The fraction of sp³-hybridized carbons (Fsp3) is 0.636. The molecule has 1 aromatic heterocycles. The summed E-state index contributed by atoms with van der Waals surface area (Å²) in [5.41, 5.74) is 0.651. The van der Waals surface area contributed by atoms with Gasteiger partial charge >= 0.3 is 0 Å². The Bertz CT molecular complexity index is 461. The minimum absolute atomic E-state index is 0.125. The second-order valence-corrected chi connectivity index (χ2v) is 5.15. The Balaban J connectivity index is 2.14. The van der Waals surface area contributed by atoms with Crippen molar-refractivity contribution < 1.29 is 4.74 Å². The van der Waals surface area contributed by atoms with E-state index in [9.17, 15) is 4.79 Å². The maximum atomic E-state index is 11.9. The molecule has 17 heavy (non-hydrogen) atoms. The molecule has 0 amide bonds. The van der Waals surface area contributed by atoms with Gasteiger partial charge < -0.3 is 10.1 Å². The number of nitrogens with zero attached hydrogens (tertiary/aromatic N) is 2. The first-order valence-corrected chi connectivity index (χ1v) is 6.44. The van der Waals surface area contributed by atoms with E-state index in [-0.39, 0.29) is 5.56 Å². The Labute approximate surface area is 108 Å². The lowest BCUT2D eigenvalue weighted by Crippen LogP contribution is -2.26. The molecular formula is C11H16BrN3O2. The van der Waals surface area contributed by atoms with Gasteiger partial charge in [0.1, 0.15) is 4.47 Å². The summed E-state index contributed by atoms with van der Waals surface area (Å²) in [6, 6.07) is 0.474. The van der Waals surface area contributed by atoms with E-state index >= 15 is 0 Å². The summed E-state index contributed by atoms with van der Waals surface area (Å²) in [4.78, 5) is 11.9. The third-order valence-corrected chi connectivity index (χ3v) is 3.71. The van der Waals surface area contributed by atoms with Gasteiger partial charge in [-0.25, -0.2) is 4.68 Å². The van der Waals surface area contributed by atoms with E-state index in [1.807, 2.05) is 0 Å². The first-order chi connectivity index (χ1) is 8.13. The molecule has 6 heteroatoms. The van der Waals surface area contributed by atoms with Crippen LogP contribution in [0, 0.1) is 5.92 Å². The number of ether oxygens (including phenoxy) is 1. The molecular weight excluding hydrogens is 286 g/mol. The van der Waals surface area contributed by atoms with Crippen molar-refractivity contribution in [2.24, 2.45) is 5.92 Å². The maximum Gasteiger partial charge on any atom is 0.283 e. The van der Waals surface area contributed by atoms with Gasteiger partial charge in [0.05, 0.1) is 25.0 Å². The van der Waals surface area contributed by atoms with Gasteiger partial charge in [-0.2, -0.15) is 5.10 Å². The topological polar surface area (TPSA) is 56.1 Å². The smallest absolute Gasteiger partial charge is 0.283 e. The first kappa shape index (κ1) is 12.6. The zero-order chi connectivity index (χ0) is 12.4. The van der Waals surface area contributed by atoms with E-state index in [1.165, 1.54) is 4.68 Å². The Morgan fingerprint density at radius 3 is 3.00 bits per heavy atom. The van der Waals surface area contributed by atoms with Gasteiger partial charge in [0.15, 0.2) is 0 Å². The molecule has 1 heterocycles. The Kier molecular flexibility index (Phi) is 3.83. The summed E-state index contributed by atoms with van der Waals surface area (Å²) in [7, 11) is 1.60. The Morgan fingerprint density at radius 2 is 2.41 bits per heavy atom. The minimum atomic E-state index is -0.125. The van der Waals surface area contributed by atoms with Crippen LogP contribution >= 0.6 is 15.9 Å². The van der Waals surface area contributed by atoms with Crippen molar-refractivity contribution in [3.05, 3.63) is 21.0 Å². The molecule has 1 fully saturated rings. The molecule has 0 radical (unpaired) electrons. The number of methoxy groups -OCH3 is 1. The third-order valence-electron chi connectivity index (χ3n) is 2.94. The molecule has 2 rings (SSSR count). The number of halogens is 1. The molecule has 1 aromatic rings. The highest BCUT2D eigenvalue weighted by molar-refractivity contribution is 9.10. The SMILES string of the molecule is COCCn1ncc(NC2CC2C)c(Br)c1=O. The molecule has 0 spiro atoms. The van der Waals surface area contributed by atoms with Crippen LogP contribution in [0.4, 0.5) is 5.69 Å². The lowest BCUT2D eigenvalue weighted by Gasteiger charge is -2.09. The first-order valence-electron chi connectivity index (χ1n) is 5.64. The van der Waals surface area contributed by atoms with E-state index < -0.39 is 0 Å². The van der Waals surface area contributed by atoms with Gasteiger partial charge in [0.25, 0.3) is 5.56 Å². The minimum Gasteiger partial charge on any atom is -0.383 e. The number of rotatable bonds is 5. The zero-order valence-corrected chi connectivity index (χ0v) is 11.5. The fourth-order valence-electron chi connectivity index (χ4n) is 1.63. The van der Waals surface area contributed by atoms with Gasteiger partial charge in [-0.3, -0.25) is 4.79 Å². The van der Waals surface area contributed by atoms with Crippen LogP contribution in [-0.2, 0) is 11.3 Å². The monoisotopic (exact) mass is 301 g/mol. The summed E-state index contributed by atoms with van der Waals surface area (Å²) in [5.74, 6) is 0.679. The number of anilines is 1. The molecule has 5 nitrogen and oxygen atoms in total. The van der Waals surface area contributed by atoms with Crippen LogP contribution < -0.4 is 10.9 Å². The predicted octanol–water partition coefficient (Wildman–Crippen LogP) is 1.47. The Hall–Kier alpha value is -0.880. The molecule has 1 N–H and O–H groups in total. The van der Waals surface area contributed by atoms with Gasteiger partial charge in [-0.15, -0.1) is 0 Å². The average Bonchev–Trinajstić information content (AvgIpc) is 3.00. The van der Waals surface area contributed by atoms with Crippen molar-refractivity contribution in [2.45, 2.75) is 25.9 Å². The number of nitrogens with one attached hydrogen (secondary N) is 1. The highest BCUT2D eigenvalue weighted by atomic mass is 79.9. The normalized spacial score (nSPS) is 22.5. The van der Waals surface area contributed by atoms with Crippen LogP contribution in [0.5, 0.6) is 0 Å². The van der Waals surface area contributed by atoms with Crippen LogP contribution in [0.15, 0.2) is 15.5 Å². The van der Waals surface area contributed by atoms with Crippen LogP contribution in [0.2, 0.25) is 0 Å². The van der Waals surface area contributed by atoms with E-state index in [0.29, 0.717) is 29.6 Å². The van der Waals surface area contributed by atoms with Crippen molar-refractivity contribution in [1.29, 1.82) is 0 Å². The summed E-state index contributed by atoms with van der Waals surface area (Å²) in [6.07, 6.45) is 2.84. The molecule has 1 saturated carbocycles. The Morgan fingerprint density at radius 1 is 1.71 bits per heavy atom. The van der Waals surface area contributed by atoms with E-state index in [1.54, 1.807) is 13.3 Å². The summed E-state index contributed by atoms with van der Waals surface area (Å²) < 4.78 is 6.87. The van der Waals surface area contributed by atoms with Crippen molar-refractivity contribution in [3.8, 4) is 0 Å². The summed E-state index contributed by atoms with van der Waals surface area (Å²) >= 11 is 3.32. The second-order valence-electron chi connectivity index (χ2n) is 4.36. The fourth-order valence-corrected chi connectivity index (χ4v) is 2.05. The summed E-state index contributed by atoms with van der Waals surface area (Å²) in [5, 5.41) is 7.42. The van der Waals surface area contributed by atoms with Crippen molar-refractivity contribution >= 4 is 21.6 Å². The molecule has 2 atom stereocenters. The highest BCUT2D eigenvalue weighted by Crippen LogP contribution is 2.33. The van der Waals surface area contributed by atoms with Crippen LogP contribution in [0.25, 0.3) is 0 Å². The largest absolute Gasteiger partial charge is 0.383 e. The number of aromatic nitrogens is 2. The maximum absolute atomic E-state index is 11.9. The van der Waals surface area contributed by atoms with Crippen LogP contribution in [0.3, 0.4) is 0 Å². The van der Waals surface area contributed by atoms with Crippen molar-refractivity contribution in [2.75, 3.05) is 19.0 Å². The standard InChI is InChI=1S/C11H16BrN3O2/c1-7-5-8(7)14-9-6-13-15(3-4-17-2)11(16)10(9)12/h6-8,14H,3-5H2,1-2H3. The van der Waals surface area contributed by atoms with Crippen LogP contribution in [0.1, 0.15) is 13.3 Å². The predicted molar refractivity (Wildman–Crippen MR) is 69.3 cm³/mol. The lowest BCUT2D eigenvalue weighted by molar-refractivity contribution is 0.181. The highest BCUT2D eigenvalue weighted by Gasteiger charge is 2.33. The summed E-state index contributed by atoms with van der Waals surface area (Å²) in [6.45, 7) is 3.12. The molecule has 2 unspecified atom stereocenters. The van der Waals surface area contributed by atoms with E-state index in [0.717, 1.165) is 12.1 Å². The molecule has 1 aliphatic carbocycles. The van der Waals surface area contributed by atoms with Gasteiger partial charge in [-0.1, -0.05) is 6.92 Å². The van der Waals surface area contributed by atoms with E-state index in [4.69, 9.17) is 4.74 Å². The molecule has 1 aliphatic rings. The number of hydrogen-bond donors (Lipinski definition) is 1. The van der Waals surface area contributed by atoms with Crippen LogP contribution in [-0.4, -0.2) is 29.5 Å². The second kappa shape index (κ2) is 5.18. The van der Waals surface area contributed by atoms with Gasteiger partial charge in [0.2, 0.25) is 0 Å². The van der Waals surface area contributed by atoms with Gasteiger partial charge in [-0.05, 0) is 28.3 Å². The van der Waals surface area contributed by atoms with Crippen molar-refractivity contribution in [3.63, 3.8) is 0 Å².